The van der Waals surface area contributed by atoms with Gasteiger partial charge >= 0.3 is 0 Å². The van der Waals surface area contributed by atoms with Crippen molar-refractivity contribution in [3.63, 3.8) is 0 Å². The molecule has 46 heavy (non-hydrogen) atoms. The molecule has 1 aromatic heterocycles. The molecule has 0 saturated carbocycles. The van der Waals surface area contributed by atoms with Crippen LogP contribution in [0.4, 0.5) is 0 Å². The van der Waals surface area contributed by atoms with Gasteiger partial charge in [0.2, 0.25) is 23.5 Å². The first kappa shape index (κ1) is 35.0. The summed E-state index contributed by atoms with van der Waals surface area (Å²) in [6.07, 6.45) is 5.42. The Hall–Kier alpha value is -3.89. The highest BCUT2D eigenvalue weighted by molar-refractivity contribution is 7.91. The fourth-order valence-electron chi connectivity index (χ4n) is 6.12. The van der Waals surface area contributed by atoms with Crippen LogP contribution in [0.3, 0.4) is 0 Å². The molecule has 2 saturated heterocycles. The van der Waals surface area contributed by atoms with Crippen LogP contribution in [0, 0.1) is 11.3 Å². The van der Waals surface area contributed by atoms with Gasteiger partial charge < -0.3 is 31.5 Å². The van der Waals surface area contributed by atoms with Crippen LogP contribution < -0.4 is 16.8 Å². The first-order valence-electron chi connectivity index (χ1n) is 15.2. The molecule has 3 heterocycles. The summed E-state index contributed by atoms with van der Waals surface area (Å²) in [5, 5.41) is 12.4. The van der Waals surface area contributed by atoms with E-state index in [0.717, 1.165) is 41.8 Å². The Labute approximate surface area is 272 Å². The second-order valence-electron chi connectivity index (χ2n) is 11.9. The van der Waals surface area contributed by atoms with Crippen molar-refractivity contribution in [2.24, 2.45) is 17.4 Å². The average Bonchev–Trinajstić information content (AvgIpc) is 3.56. The van der Waals surface area contributed by atoms with Gasteiger partial charge in [-0.2, -0.15) is 0 Å². The molecule has 2 fully saturated rings. The van der Waals surface area contributed by atoms with E-state index in [1.807, 2.05) is 6.92 Å². The Bertz CT molecular complexity index is 1540. The second kappa shape index (κ2) is 14.7. The van der Waals surface area contributed by atoms with E-state index < -0.39 is 56.8 Å². The number of benzene rings is 1. The molecule has 0 bridgehead atoms. The Morgan fingerprint density at radius 3 is 2.57 bits per heavy atom. The number of Topliss-reactive ketones (excluding diaryl/α,β-unsaturated/α-hetero) is 1. The number of ketones is 1. The number of nitrogens with two attached hydrogens (primary N) is 2. The number of sulfone groups is 1. The molecule has 1 aromatic carbocycles. The van der Waals surface area contributed by atoms with Gasteiger partial charge in [0, 0.05) is 37.5 Å². The van der Waals surface area contributed by atoms with E-state index in [4.69, 9.17) is 16.9 Å². The fraction of sp³-hybridized carbons (Fsp3) is 0.533. The minimum atomic E-state index is -4.27. The number of guanidine groups is 1. The van der Waals surface area contributed by atoms with Gasteiger partial charge in [0.25, 0.3) is 0 Å². The molecule has 2 aliphatic rings. The lowest BCUT2D eigenvalue weighted by Gasteiger charge is -2.47. The van der Waals surface area contributed by atoms with Crippen LogP contribution in [-0.4, -0.2) is 109 Å². The van der Waals surface area contributed by atoms with E-state index >= 15 is 0 Å². The van der Waals surface area contributed by atoms with E-state index in [1.54, 1.807) is 28.5 Å². The summed E-state index contributed by atoms with van der Waals surface area (Å²) in [5.41, 5.74) is 12.5. The summed E-state index contributed by atoms with van der Waals surface area (Å²) in [4.78, 5) is 60.6. The molecule has 4 atom stereocenters. The number of hydrogen-bond acceptors (Lipinski definition) is 10. The SMILES string of the molecule is CCCCN1CC(=O)N(CC(=O)NC(CC2CCCN(C(=N)N)C2)C(=O)c2nccs2)C(C(N)(c2ccccc2)S(C)(=O)=O)C1=O. The molecule has 4 unspecified atom stereocenters. The number of rotatable bonds is 13. The highest BCUT2D eigenvalue weighted by Crippen LogP contribution is 2.34. The number of likely N-dealkylation sites (tertiary alicyclic amines) is 1. The maximum atomic E-state index is 14.0. The highest BCUT2D eigenvalue weighted by atomic mass is 32.2. The van der Waals surface area contributed by atoms with Gasteiger partial charge in [-0.3, -0.25) is 24.6 Å². The number of aromatic nitrogens is 1. The van der Waals surface area contributed by atoms with Crippen LogP contribution in [-0.2, 0) is 29.1 Å². The lowest BCUT2D eigenvalue weighted by atomic mass is 9.90. The molecule has 16 heteroatoms. The van der Waals surface area contributed by atoms with E-state index in [9.17, 15) is 27.6 Å². The molecule has 0 radical (unpaired) electrons. The number of piperazine rings is 1. The zero-order chi connectivity index (χ0) is 33.6. The van der Waals surface area contributed by atoms with Gasteiger partial charge in [-0.1, -0.05) is 43.7 Å². The van der Waals surface area contributed by atoms with E-state index in [-0.39, 0.29) is 42.0 Å². The van der Waals surface area contributed by atoms with Crippen LogP contribution in [0.15, 0.2) is 41.9 Å². The minimum absolute atomic E-state index is 0.0709. The van der Waals surface area contributed by atoms with Gasteiger partial charge in [0.1, 0.15) is 12.6 Å². The van der Waals surface area contributed by atoms with E-state index in [0.29, 0.717) is 19.5 Å². The third kappa shape index (κ3) is 7.56. The summed E-state index contributed by atoms with van der Waals surface area (Å²) >= 11 is 1.13. The van der Waals surface area contributed by atoms with Gasteiger partial charge in [-0.25, -0.2) is 13.4 Å². The number of piperidine rings is 1. The molecule has 14 nitrogen and oxygen atoms in total. The number of hydrogen-bond donors (Lipinski definition) is 4. The molecule has 250 valence electrons. The number of nitrogens with one attached hydrogen (secondary N) is 2. The predicted octanol–water partition coefficient (Wildman–Crippen LogP) is 0.502. The van der Waals surface area contributed by atoms with Crippen molar-refractivity contribution >= 4 is 50.6 Å². The molecular weight excluding hydrogens is 633 g/mol. The number of unbranched alkanes of at least 4 members (excludes halogenated alkanes) is 1. The van der Waals surface area contributed by atoms with Crippen LogP contribution in [0.2, 0.25) is 0 Å². The molecule has 0 spiro atoms. The van der Waals surface area contributed by atoms with Crippen LogP contribution >= 0.6 is 11.3 Å². The van der Waals surface area contributed by atoms with E-state index in [2.05, 4.69) is 10.3 Å². The van der Waals surface area contributed by atoms with Gasteiger partial charge in [0.15, 0.2) is 25.7 Å². The van der Waals surface area contributed by atoms with Crippen LogP contribution in [0.25, 0.3) is 0 Å². The number of thiazole rings is 1. The number of amides is 3. The molecular formula is C30H42N8O6S2. The highest BCUT2D eigenvalue weighted by Gasteiger charge is 2.57. The first-order chi connectivity index (χ1) is 21.8. The average molecular weight is 675 g/mol. The molecule has 6 N–H and O–H groups in total. The summed E-state index contributed by atoms with van der Waals surface area (Å²) in [5.74, 6) is -2.65. The molecule has 0 aliphatic carbocycles. The van der Waals surface area contributed by atoms with Crippen LogP contribution in [0.5, 0.6) is 0 Å². The normalized spacial score (nSPS) is 21.1. The molecule has 2 aromatic rings. The third-order valence-electron chi connectivity index (χ3n) is 8.57. The van der Waals surface area contributed by atoms with Crippen molar-refractivity contribution in [1.82, 2.24) is 25.0 Å². The summed E-state index contributed by atoms with van der Waals surface area (Å²) in [7, 11) is -4.27. The quantitative estimate of drug-likeness (QED) is 0.131. The predicted molar refractivity (Wildman–Crippen MR) is 173 cm³/mol. The third-order valence-corrected chi connectivity index (χ3v) is 11.0. The maximum absolute atomic E-state index is 14.0. The smallest absolute Gasteiger partial charge is 0.249 e. The molecule has 2 aliphatic heterocycles. The number of carbonyl (C=O) groups is 4. The van der Waals surface area contributed by atoms with Crippen molar-refractivity contribution in [3.05, 3.63) is 52.5 Å². The maximum Gasteiger partial charge on any atom is 0.249 e. The Morgan fingerprint density at radius 1 is 1.24 bits per heavy atom. The van der Waals surface area contributed by atoms with Crippen molar-refractivity contribution in [1.29, 1.82) is 5.41 Å². The van der Waals surface area contributed by atoms with Gasteiger partial charge in [-0.05, 0) is 37.2 Å². The Balaban J connectivity index is 1.66. The zero-order valence-corrected chi connectivity index (χ0v) is 27.7. The Morgan fingerprint density at radius 2 is 1.96 bits per heavy atom. The van der Waals surface area contributed by atoms with E-state index in [1.165, 1.54) is 23.2 Å². The first-order valence-corrected chi connectivity index (χ1v) is 18.0. The molecule has 4 rings (SSSR count). The lowest BCUT2D eigenvalue weighted by Crippen LogP contribution is -2.72. The standard InChI is InChI=1S/C30H42N8O6S2/c1-3-4-13-36-19-24(40)38(26(28(36)42)30(33,46(2,43)44)21-10-6-5-7-11-21)18-23(39)35-22(25(41)27-34-12-15-45-27)16-20-9-8-14-37(17-20)29(31)32/h5-7,10-12,15,20,22,26H,3-4,8-9,13-14,16-19,33H2,1-2H3,(H3,31,32)(H,35,39). The van der Waals surface area contributed by atoms with Crippen molar-refractivity contribution < 1.29 is 27.6 Å². The largest absolute Gasteiger partial charge is 0.370 e. The summed E-state index contributed by atoms with van der Waals surface area (Å²) < 4.78 is 26.9. The zero-order valence-electron chi connectivity index (χ0n) is 26.1. The van der Waals surface area contributed by atoms with Crippen LogP contribution in [0.1, 0.15) is 54.4 Å². The van der Waals surface area contributed by atoms with Crippen molar-refractivity contribution in [3.8, 4) is 0 Å². The Kier molecular flexibility index (Phi) is 11.2. The monoisotopic (exact) mass is 674 g/mol. The van der Waals surface area contributed by atoms with Gasteiger partial charge in [0.05, 0.1) is 12.6 Å². The van der Waals surface area contributed by atoms with Crippen molar-refractivity contribution in [2.75, 3.05) is 39.0 Å². The number of carbonyl (C=O) groups excluding carboxylic acids is 4. The fourth-order valence-corrected chi connectivity index (χ4v) is 7.95. The van der Waals surface area contributed by atoms with Gasteiger partial charge in [-0.15, -0.1) is 11.3 Å². The second-order valence-corrected chi connectivity index (χ2v) is 15.0. The summed E-state index contributed by atoms with van der Waals surface area (Å²) in [6, 6.07) is 4.99. The molecule has 3 amide bonds. The lowest BCUT2D eigenvalue weighted by molar-refractivity contribution is -0.159. The summed E-state index contributed by atoms with van der Waals surface area (Å²) in [6.45, 7) is 2.14. The minimum Gasteiger partial charge on any atom is -0.370 e. The number of nitrogens with zero attached hydrogens (tertiary/aromatic N) is 4. The van der Waals surface area contributed by atoms with Crippen molar-refractivity contribution in [2.45, 2.75) is 56.0 Å². The topological polar surface area (TPSA) is 213 Å².